The van der Waals surface area contributed by atoms with Gasteiger partial charge < -0.3 is 5.32 Å². The van der Waals surface area contributed by atoms with Crippen molar-refractivity contribution in [2.24, 2.45) is 0 Å². The van der Waals surface area contributed by atoms with Gasteiger partial charge in [0.15, 0.2) is 5.13 Å². The molecule has 0 fully saturated rings. The predicted octanol–water partition coefficient (Wildman–Crippen LogP) is 3.13. The van der Waals surface area contributed by atoms with Crippen molar-refractivity contribution in [3.63, 3.8) is 0 Å². The molecule has 3 heterocycles. The van der Waals surface area contributed by atoms with Crippen LogP contribution < -0.4 is 5.32 Å². The number of aromatic nitrogens is 3. The Hall–Kier alpha value is -2.12. The van der Waals surface area contributed by atoms with Crippen molar-refractivity contribution in [1.29, 1.82) is 0 Å². The van der Waals surface area contributed by atoms with Crippen molar-refractivity contribution in [1.82, 2.24) is 15.0 Å². The van der Waals surface area contributed by atoms with Crippen LogP contribution in [0.3, 0.4) is 0 Å². The highest BCUT2D eigenvalue weighted by Gasteiger charge is 2.13. The van der Waals surface area contributed by atoms with Crippen LogP contribution in [-0.2, 0) is 11.2 Å². The van der Waals surface area contributed by atoms with Crippen molar-refractivity contribution >= 4 is 34.2 Å². The van der Waals surface area contributed by atoms with Crippen molar-refractivity contribution < 1.29 is 4.79 Å². The fourth-order valence-corrected chi connectivity index (χ4v) is 3.70. The van der Waals surface area contributed by atoms with E-state index in [1.165, 1.54) is 11.3 Å². The third-order valence-corrected chi connectivity index (χ3v) is 4.80. The van der Waals surface area contributed by atoms with Gasteiger partial charge in [-0.3, -0.25) is 9.78 Å². The van der Waals surface area contributed by atoms with E-state index in [0.717, 1.165) is 33.3 Å². The molecule has 1 N–H and O–H groups in total. The maximum absolute atomic E-state index is 10.5. The summed E-state index contributed by atoms with van der Waals surface area (Å²) in [7, 11) is 0. The predicted molar refractivity (Wildman–Crippen MR) is 84.7 cm³/mol. The molecule has 3 rings (SSSR count). The summed E-state index contributed by atoms with van der Waals surface area (Å²) < 4.78 is 0. The molecule has 3 aromatic heterocycles. The molecular weight excluding hydrogens is 304 g/mol. The van der Waals surface area contributed by atoms with E-state index in [1.54, 1.807) is 17.5 Å². The van der Waals surface area contributed by atoms with Gasteiger partial charge in [-0.2, -0.15) is 0 Å². The molecule has 106 valence electrons. The Morgan fingerprint density at radius 1 is 1.38 bits per heavy atom. The zero-order valence-electron chi connectivity index (χ0n) is 11.2. The molecule has 0 spiro atoms. The normalized spacial score (nSPS) is 10.5. The van der Waals surface area contributed by atoms with E-state index in [1.807, 2.05) is 30.6 Å². The molecule has 0 atom stereocenters. The number of nitrogens with zero attached hydrogens (tertiary/aromatic N) is 3. The molecular formula is C14H12N4OS2. The monoisotopic (exact) mass is 316 g/mol. The first kappa shape index (κ1) is 13.8. The van der Waals surface area contributed by atoms with E-state index >= 15 is 0 Å². The third-order valence-electron chi connectivity index (χ3n) is 2.84. The van der Waals surface area contributed by atoms with Crippen LogP contribution in [0.25, 0.3) is 10.6 Å². The minimum absolute atomic E-state index is 0.597. The molecule has 0 unspecified atom stereocenters. The summed E-state index contributed by atoms with van der Waals surface area (Å²) in [5.41, 5.74) is 2.93. The number of pyridine rings is 1. The Labute approximate surface area is 129 Å². The van der Waals surface area contributed by atoms with Crippen LogP contribution in [0.15, 0.2) is 29.9 Å². The summed E-state index contributed by atoms with van der Waals surface area (Å²) in [6, 6.07) is 3.96. The molecule has 0 aliphatic rings. The van der Waals surface area contributed by atoms with Gasteiger partial charge in [0.2, 0.25) is 6.41 Å². The molecule has 0 saturated heterocycles. The molecule has 0 aliphatic carbocycles. The van der Waals surface area contributed by atoms with Gasteiger partial charge in [-0.15, -0.1) is 11.3 Å². The highest BCUT2D eigenvalue weighted by Crippen LogP contribution is 2.33. The average molecular weight is 316 g/mol. The lowest BCUT2D eigenvalue weighted by atomic mass is 10.2. The van der Waals surface area contributed by atoms with Gasteiger partial charge in [-0.25, -0.2) is 9.97 Å². The van der Waals surface area contributed by atoms with Gasteiger partial charge in [-0.1, -0.05) is 17.4 Å². The average Bonchev–Trinajstić information content (AvgIpc) is 3.07. The Morgan fingerprint density at radius 3 is 3.05 bits per heavy atom. The Balaban J connectivity index is 1.83. The van der Waals surface area contributed by atoms with E-state index < -0.39 is 0 Å². The Morgan fingerprint density at radius 2 is 2.29 bits per heavy atom. The Bertz CT molecular complexity index is 751. The van der Waals surface area contributed by atoms with Crippen LogP contribution in [0.4, 0.5) is 5.13 Å². The number of hydrogen-bond acceptors (Lipinski definition) is 6. The van der Waals surface area contributed by atoms with Crippen LogP contribution in [0.2, 0.25) is 0 Å². The molecule has 7 heteroatoms. The molecule has 0 aromatic carbocycles. The molecule has 1 amide bonds. The van der Waals surface area contributed by atoms with Crippen LogP contribution >= 0.6 is 22.7 Å². The van der Waals surface area contributed by atoms with Crippen LogP contribution in [0.5, 0.6) is 0 Å². The van der Waals surface area contributed by atoms with Gasteiger partial charge >= 0.3 is 0 Å². The first-order valence-electron chi connectivity index (χ1n) is 6.27. The summed E-state index contributed by atoms with van der Waals surface area (Å²) in [6.45, 7) is 1.92. The summed E-state index contributed by atoms with van der Waals surface area (Å²) in [6.07, 6.45) is 5.02. The van der Waals surface area contributed by atoms with Crippen molar-refractivity contribution in [3.8, 4) is 10.6 Å². The molecule has 0 aliphatic heterocycles. The highest BCUT2D eigenvalue weighted by molar-refractivity contribution is 7.19. The zero-order chi connectivity index (χ0) is 14.7. The molecule has 3 aromatic rings. The summed E-state index contributed by atoms with van der Waals surface area (Å²) in [5, 5.41) is 6.24. The molecule has 0 bridgehead atoms. The van der Waals surface area contributed by atoms with Crippen molar-refractivity contribution in [3.05, 3.63) is 46.2 Å². The molecule has 21 heavy (non-hydrogen) atoms. The first-order valence-corrected chi connectivity index (χ1v) is 7.97. The van der Waals surface area contributed by atoms with Crippen molar-refractivity contribution in [2.75, 3.05) is 5.32 Å². The zero-order valence-corrected chi connectivity index (χ0v) is 12.9. The lowest BCUT2D eigenvalue weighted by Gasteiger charge is -1.95. The van der Waals surface area contributed by atoms with Crippen molar-refractivity contribution in [2.45, 2.75) is 13.3 Å². The third kappa shape index (κ3) is 3.14. The lowest BCUT2D eigenvalue weighted by Crippen LogP contribution is -1.91. The molecule has 0 radical (unpaired) electrons. The van der Waals surface area contributed by atoms with Gasteiger partial charge in [0, 0.05) is 24.2 Å². The lowest BCUT2D eigenvalue weighted by molar-refractivity contribution is -0.105. The number of hydrogen-bond donors (Lipinski definition) is 1. The second kappa shape index (κ2) is 6.11. The maximum Gasteiger partial charge on any atom is 0.213 e. The Kier molecular flexibility index (Phi) is 4.03. The number of aryl methyl sites for hydroxylation is 1. The first-order chi connectivity index (χ1) is 10.3. The van der Waals surface area contributed by atoms with Crippen LogP contribution in [0.1, 0.15) is 16.3 Å². The SMILES string of the molecule is Cc1nc(NC=O)sc1-c1csc(Cc2cccnc2)n1. The van der Waals surface area contributed by atoms with Gasteiger partial charge in [0.1, 0.15) is 0 Å². The van der Waals surface area contributed by atoms with Gasteiger partial charge in [0.05, 0.1) is 21.3 Å². The van der Waals surface area contributed by atoms with Gasteiger partial charge in [0.25, 0.3) is 0 Å². The largest absolute Gasteiger partial charge is 0.305 e. The van der Waals surface area contributed by atoms with E-state index in [0.29, 0.717) is 11.5 Å². The second-order valence-corrected chi connectivity index (χ2v) is 6.30. The standard InChI is InChI=1S/C14H12N4OS2/c1-9-13(21-14(17-9)16-8-19)11-7-20-12(18-11)5-10-3-2-4-15-6-10/h2-4,6-8H,5H2,1H3,(H,16,17,19). The maximum atomic E-state index is 10.5. The molecule has 5 nitrogen and oxygen atoms in total. The minimum atomic E-state index is 0.597. The summed E-state index contributed by atoms with van der Waals surface area (Å²) >= 11 is 3.06. The fourth-order valence-electron chi connectivity index (χ4n) is 1.92. The van der Waals surface area contributed by atoms with Gasteiger partial charge in [-0.05, 0) is 18.6 Å². The number of thiazole rings is 2. The minimum Gasteiger partial charge on any atom is -0.305 e. The topological polar surface area (TPSA) is 67.8 Å². The number of carbonyl (C=O) groups is 1. The highest BCUT2D eigenvalue weighted by atomic mass is 32.1. The van der Waals surface area contributed by atoms with Crippen LogP contribution in [0, 0.1) is 6.92 Å². The quantitative estimate of drug-likeness (QED) is 0.734. The van der Waals surface area contributed by atoms with E-state index in [9.17, 15) is 4.79 Å². The van der Waals surface area contributed by atoms with Crippen LogP contribution in [-0.4, -0.2) is 21.4 Å². The summed E-state index contributed by atoms with van der Waals surface area (Å²) in [5.74, 6) is 0. The number of amides is 1. The number of rotatable bonds is 5. The second-order valence-electron chi connectivity index (χ2n) is 4.36. The number of anilines is 1. The van der Waals surface area contributed by atoms with E-state index in [2.05, 4.69) is 20.3 Å². The summed E-state index contributed by atoms with van der Waals surface area (Å²) in [4.78, 5) is 24.5. The smallest absolute Gasteiger partial charge is 0.213 e. The molecule has 0 saturated carbocycles. The number of nitrogens with one attached hydrogen (secondary N) is 1. The number of carbonyl (C=O) groups excluding carboxylic acids is 1. The van der Waals surface area contributed by atoms with E-state index in [4.69, 9.17) is 0 Å². The fraction of sp³-hybridized carbons (Fsp3) is 0.143. The van der Waals surface area contributed by atoms with E-state index in [-0.39, 0.29) is 0 Å².